The van der Waals surface area contributed by atoms with Gasteiger partial charge in [0.1, 0.15) is 0 Å². The molecule has 30 heavy (non-hydrogen) atoms. The summed E-state index contributed by atoms with van der Waals surface area (Å²) in [6.45, 7) is 2.42. The van der Waals surface area contributed by atoms with Crippen LogP contribution in [0.2, 0.25) is 0 Å². The molecular weight excluding hydrogens is 380 g/mol. The smallest absolute Gasteiger partial charge is 0.0364 e. The minimum atomic E-state index is 0.278. The van der Waals surface area contributed by atoms with Crippen molar-refractivity contribution in [2.24, 2.45) is 23.7 Å². The van der Waals surface area contributed by atoms with Crippen LogP contribution >= 0.6 is 11.3 Å². The maximum atomic E-state index is 2.54. The van der Waals surface area contributed by atoms with E-state index in [0.29, 0.717) is 0 Å². The van der Waals surface area contributed by atoms with E-state index < -0.39 is 0 Å². The number of fused-ring (bicyclic) bond motifs is 7. The number of hydrogen-bond acceptors (Lipinski definition) is 1. The molecule has 0 radical (unpaired) electrons. The molecule has 148 valence electrons. The Hall–Kier alpha value is -2.12. The van der Waals surface area contributed by atoms with E-state index in [1.54, 1.807) is 27.8 Å². The van der Waals surface area contributed by atoms with Crippen molar-refractivity contribution in [3.05, 3.63) is 71.3 Å². The molecule has 1 aromatic heterocycles. The van der Waals surface area contributed by atoms with Crippen LogP contribution < -0.4 is 0 Å². The van der Waals surface area contributed by atoms with Gasteiger partial charge in [0.05, 0.1) is 0 Å². The minimum Gasteiger partial charge on any atom is -0.135 e. The van der Waals surface area contributed by atoms with Crippen LogP contribution in [0.4, 0.5) is 0 Å². The lowest BCUT2D eigenvalue weighted by atomic mass is 9.43. The zero-order chi connectivity index (χ0) is 19.6. The molecule has 0 nitrogen and oxygen atoms in total. The average Bonchev–Trinajstić information content (AvgIpc) is 3.26. The molecule has 4 aromatic rings. The maximum Gasteiger partial charge on any atom is 0.0364 e. The topological polar surface area (TPSA) is 0 Å². The fourth-order valence-corrected chi connectivity index (χ4v) is 10.0. The quantitative estimate of drug-likeness (QED) is 0.277. The number of rotatable bonds is 0. The van der Waals surface area contributed by atoms with Gasteiger partial charge in [-0.15, -0.1) is 11.3 Å². The Bertz CT molecular complexity index is 1340. The molecule has 0 unspecified atom stereocenters. The second-order valence-corrected chi connectivity index (χ2v) is 11.7. The Morgan fingerprint density at radius 1 is 0.800 bits per heavy atom. The third kappa shape index (κ3) is 1.74. The predicted molar refractivity (Wildman–Crippen MR) is 127 cm³/mol. The summed E-state index contributed by atoms with van der Waals surface area (Å²) in [5, 5.41) is 3.00. The van der Waals surface area contributed by atoms with Gasteiger partial charge in [0.15, 0.2) is 0 Å². The van der Waals surface area contributed by atoms with Gasteiger partial charge in [-0.2, -0.15) is 0 Å². The van der Waals surface area contributed by atoms with Crippen LogP contribution in [0.1, 0.15) is 48.8 Å². The molecule has 4 bridgehead atoms. The SMILES string of the molecule is Cc1cc2sc3ccccc3c2c2c1C1(c3ccccc3-2)C2CC3CC(C2)CC1C3. The molecule has 1 spiro atoms. The van der Waals surface area contributed by atoms with Gasteiger partial charge in [-0.25, -0.2) is 0 Å². The molecule has 0 saturated heterocycles. The molecule has 1 heteroatoms. The van der Waals surface area contributed by atoms with Crippen molar-refractivity contribution in [1.29, 1.82) is 0 Å². The Kier molecular flexibility index (Phi) is 2.97. The van der Waals surface area contributed by atoms with Crippen molar-refractivity contribution in [2.45, 2.75) is 44.4 Å². The summed E-state index contributed by atoms with van der Waals surface area (Å²) in [4.78, 5) is 0. The number of benzene rings is 3. The lowest BCUT2D eigenvalue weighted by Gasteiger charge is -2.61. The van der Waals surface area contributed by atoms with Crippen LogP contribution in [0.15, 0.2) is 54.6 Å². The number of aryl methyl sites for hydroxylation is 1. The van der Waals surface area contributed by atoms with E-state index in [2.05, 4.69) is 61.5 Å². The summed E-state index contributed by atoms with van der Waals surface area (Å²) >= 11 is 1.98. The van der Waals surface area contributed by atoms with E-state index in [1.165, 1.54) is 52.3 Å². The summed E-state index contributed by atoms with van der Waals surface area (Å²) in [6, 6.07) is 21.2. The monoisotopic (exact) mass is 406 g/mol. The van der Waals surface area contributed by atoms with Crippen LogP contribution in [0, 0.1) is 30.6 Å². The maximum absolute atomic E-state index is 2.54. The van der Waals surface area contributed by atoms with Gasteiger partial charge in [-0.05, 0) is 103 Å². The van der Waals surface area contributed by atoms with Crippen LogP contribution in [0.5, 0.6) is 0 Å². The van der Waals surface area contributed by atoms with Gasteiger partial charge in [0, 0.05) is 25.6 Å². The van der Waals surface area contributed by atoms with Crippen molar-refractivity contribution in [1.82, 2.24) is 0 Å². The first-order chi connectivity index (χ1) is 14.7. The Balaban J connectivity index is 1.57. The van der Waals surface area contributed by atoms with Crippen molar-refractivity contribution in [3.63, 3.8) is 0 Å². The molecule has 1 heterocycles. The molecule has 5 aliphatic carbocycles. The molecule has 0 atom stereocenters. The van der Waals surface area contributed by atoms with Crippen LogP contribution in [0.25, 0.3) is 31.3 Å². The number of hydrogen-bond donors (Lipinski definition) is 0. The minimum absolute atomic E-state index is 0.278. The molecule has 9 rings (SSSR count). The van der Waals surface area contributed by atoms with Crippen molar-refractivity contribution >= 4 is 31.5 Å². The highest BCUT2D eigenvalue weighted by molar-refractivity contribution is 7.26. The fraction of sp³-hybridized carbons (Fsp3) is 0.379. The third-order valence-corrected chi connectivity index (χ3v) is 10.5. The van der Waals surface area contributed by atoms with E-state index in [9.17, 15) is 0 Å². The summed E-state index contributed by atoms with van der Waals surface area (Å²) in [5.41, 5.74) is 8.39. The van der Waals surface area contributed by atoms with Gasteiger partial charge in [0.2, 0.25) is 0 Å². The molecule has 0 N–H and O–H groups in total. The van der Waals surface area contributed by atoms with Gasteiger partial charge in [-0.1, -0.05) is 42.5 Å². The zero-order valence-electron chi connectivity index (χ0n) is 17.4. The largest absolute Gasteiger partial charge is 0.135 e. The highest BCUT2D eigenvalue weighted by Gasteiger charge is 2.62. The van der Waals surface area contributed by atoms with Crippen molar-refractivity contribution in [3.8, 4) is 11.1 Å². The second kappa shape index (κ2) is 5.37. The summed E-state index contributed by atoms with van der Waals surface area (Å²) < 4.78 is 2.91. The predicted octanol–water partition coefficient (Wildman–Crippen LogP) is 8.09. The first-order valence-electron chi connectivity index (χ1n) is 11.8. The normalized spacial score (nSPS) is 33.0. The summed E-state index contributed by atoms with van der Waals surface area (Å²) in [7, 11) is 0. The van der Waals surface area contributed by atoms with Crippen molar-refractivity contribution < 1.29 is 0 Å². The average molecular weight is 407 g/mol. The zero-order valence-corrected chi connectivity index (χ0v) is 18.3. The molecule has 0 amide bonds. The van der Waals surface area contributed by atoms with Gasteiger partial charge in [-0.3, -0.25) is 0 Å². The lowest BCUT2D eigenvalue weighted by Crippen LogP contribution is -2.55. The number of thiophene rings is 1. The van der Waals surface area contributed by atoms with E-state index >= 15 is 0 Å². The van der Waals surface area contributed by atoms with E-state index in [0.717, 1.165) is 23.7 Å². The van der Waals surface area contributed by atoms with E-state index in [-0.39, 0.29) is 5.41 Å². The van der Waals surface area contributed by atoms with Gasteiger partial charge < -0.3 is 0 Å². The molecule has 4 saturated carbocycles. The lowest BCUT2D eigenvalue weighted by molar-refractivity contribution is -0.0401. The first-order valence-corrected chi connectivity index (χ1v) is 12.6. The molecular formula is C29H26S. The Morgan fingerprint density at radius 2 is 1.50 bits per heavy atom. The van der Waals surface area contributed by atoms with Crippen LogP contribution in [0.3, 0.4) is 0 Å². The van der Waals surface area contributed by atoms with Crippen LogP contribution in [-0.2, 0) is 5.41 Å². The summed E-state index contributed by atoms with van der Waals surface area (Å²) in [6.07, 6.45) is 7.36. The third-order valence-electron chi connectivity index (χ3n) is 9.35. The Morgan fingerprint density at radius 3 is 2.30 bits per heavy atom. The molecule has 4 fully saturated rings. The molecule has 3 aromatic carbocycles. The standard InChI is InChI=1S/C29H26S/c1-16-10-25-26(22-7-3-5-9-24(22)30-25)27-21-6-2-4-8-23(21)29(28(16)27)19-12-17-11-18(14-19)15-20(29)13-17/h2-10,17-20H,11-15H2,1H3. The fourth-order valence-electron chi connectivity index (χ4n) is 8.79. The van der Waals surface area contributed by atoms with E-state index in [1.807, 2.05) is 11.3 Å². The van der Waals surface area contributed by atoms with Crippen molar-refractivity contribution in [2.75, 3.05) is 0 Å². The highest BCUT2D eigenvalue weighted by Crippen LogP contribution is 2.70. The van der Waals surface area contributed by atoms with Gasteiger partial charge in [0.25, 0.3) is 0 Å². The molecule has 5 aliphatic rings. The molecule has 0 aliphatic heterocycles. The summed E-state index contributed by atoms with van der Waals surface area (Å²) in [5.74, 6) is 3.69. The van der Waals surface area contributed by atoms with Crippen LogP contribution in [-0.4, -0.2) is 0 Å². The Labute approximate surface area is 181 Å². The van der Waals surface area contributed by atoms with Gasteiger partial charge >= 0.3 is 0 Å². The second-order valence-electron chi connectivity index (χ2n) is 10.6. The first kappa shape index (κ1) is 16.6. The highest BCUT2D eigenvalue weighted by atomic mass is 32.1. The van der Waals surface area contributed by atoms with E-state index in [4.69, 9.17) is 0 Å².